The second-order valence-electron chi connectivity index (χ2n) is 7.19. The molecule has 0 spiro atoms. The number of hydrogen-bond donors (Lipinski definition) is 0. The molecule has 1 saturated heterocycles. The van der Waals surface area contributed by atoms with E-state index in [0.717, 1.165) is 49.0 Å². The zero-order valence-electron chi connectivity index (χ0n) is 15.6. The van der Waals surface area contributed by atoms with Gasteiger partial charge in [-0.15, -0.1) is 0 Å². The van der Waals surface area contributed by atoms with Crippen LogP contribution in [0.1, 0.15) is 32.5 Å². The van der Waals surface area contributed by atoms with Gasteiger partial charge in [0, 0.05) is 27.2 Å². The molecule has 0 saturated carbocycles. The van der Waals surface area contributed by atoms with Crippen molar-refractivity contribution in [1.29, 1.82) is 0 Å². The molecule has 2 heterocycles. The van der Waals surface area contributed by atoms with Gasteiger partial charge in [-0.05, 0) is 50.4 Å². The largest absolute Gasteiger partial charge is 0.327 e. The molecule has 0 unspecified atom stereocenters. The van der Waals surface area contributed by atoms with Crippen LogP contribution >= 0.6 is 0 Å². The van der Waals surface area contributed by atoms with Gasteiger partial charge in [0.1, 0.15) is 5.82 Å². The molecule has 1 atom stereocenters. The molecule has 0 aliphatic carbocycles. The average Bonchev–Trinajstić information content (AvgIpc) is 2.90. The molecule has 1 aromatic heterocycles. The van der Waals surface area contributed by atoms with Gasteiger partial charge in [0.25, 0.3) is 0 Å². The predicted octanol–water partition coefficient (Wildman–Crippen LogP) is 2.54. The number of piperidine rings is 1. The maximum absolute atomic E-state index is 12.4. The summed E-state index contributed by atoms with van der Waals surface area (Å²) in [4.78, 5) is 7.53. The van der Waals surface area contributed by atoms with Crippen molar-refractivity contribution in [3.05, 3.63) is 24.0 Å². The van der Waals surface area contributed by atoms with Crippen molar-refractivity contribution in [2.24, 2.45) is 5.92 Å². The van der Waals surface area contributed by atoms with E-state index < -0.39 is 10.0 Å². The van der Waals surface area contributed by atoms with E-state index in [4.69, 9.17) is 4.98 Å². The van der Waals surface area contributed by atoms with Crippen molar-refractivity contribution in [3.63, 3.8) is 0 Å². The van der Waals surface area contributed by atoms with Crippen LogP contribution in [0.15, 0.2) is 23.1 Å². The number of benzene rings is 1. The summed E-state index contributed by atoms with van der Waals surface area (Å²) in [5.41, 5.74) is 1.75. The van der Waals surface area contributed by atoms with Crippen LogP contribution in [-0.2, 0) is 23.1 Å². The molecule has 2 aromatic rings. The molecule has 25 heavy (non-hydrogen) atoms. The van der Waals surface area contributed by atoms with E-state index in [0.29, 0.717) is 4.90 Å². The molecule has 0 N–H and O–H groups in total. The number of aryl methyl sites for hydroxylation is 1. The minimum Gasteiger partial charge on any atom is -0.327 e. The second-order valence-corrected chi connectivity index (χ2v) is 9.34. The molecular weight excluding hydrogens is 336 g/mol. The number of imidazole rings is 1. The SMILES string of the molecule is CCn1c(CN2CCC[C@H](C)C2)nc2cc(S(=O)(=O)N(C)C)ccc21. The van der Waals surface area contributed by atoms with Crippen LogP contribution in [-0.4, -0.2) is 54.4 Å². The molecule has 0 bridgehead atoms. The third kappa shape index (κ3) is 3.59. The van der Waals surface area contributed by atoms with Crippen LogP contribution < -0.4 is 0 Å². The minimum atomic E-state index is -3.44. The summed E-state index contributed by atoms with van der Waals surface area (Å²) < 4.78 is 28.2. The number of likely N-dealkylation sites (tertiary alicyclic amines) is 1. The van der Waals surface area contributed by atoms with Crippen LogP contribution in [0.25, 0.3) is 11.0 Å². The summed E-state index contributed by atoms with van der Waals surface area (Å²) in [6.07, 6.45) is 2.53. The fourth-order valence-corrected chi connectivity index (χ4v) is 4.56. The van der Waals surface area contributed by atoms with Gasteiger partial charge in [0.05, 0.1) is 22.5 Å². The highest BCUT2D eigenvalue weighted by Crippen LogP contribution is 2.24. The second kappa shape index (κ2) is 7.05. The quantitative estimate of drug-likeness (QED) is 0.818. The van der Waals surface area contributed by atoms with E-state index in [-0.39, 0.29) is 0 Å². The Bertz CT molecular complexity index is 857. The predicted molar refractivity (Wildman–Crippen MR) is 100.0 cm³/mol. The molecule has 1 fully saturated rings. The summed E-state index contributed by atoms with van der Waals surface area (Å²) in [6, 6.07) is 5.25. The van der Waals surface area contributed by atoms with Crippen molar-refractivity contribution >= 4 is 21.1 Å². The van der Waals surface area contributed by atoms with Crippen LogP contribution in [0, 0.1) is 5.92 Å². The molecule has 0 radical (unpaired) electrons. The zero-order valence-corrected chi connectivity index (χ0v) is 16.4. The number of hydrogen-bond acceptors (Lipinski definition) is 4. The Kier molecular flexibility index (Phi) is 5.18. The molecule has 1 aromatic carbocycles. The monoisotopic (exact) mass is 364 g/mol. The van der Waals surface area contributed by atoms with Crippen molar-refractivity contribution in [2.75, 3.05) is 27.2 Å². The third-order valence-corrected chi connectivity index (χ3v) is 6.81. The summed E-state index contributed by atoms with van der Waals surface area (Å²) in [7, 11) is -0.342. The highest BCUT2D eigenvalue weighted by Gasteiger charge is 2.21. The first kappa shape index (κ1) is 18.4. The fraction of sp³-hybridized carbons (Fsp3) is 0.611. The molecule has 7 heteroatoms. The van der Waals surface area contributed by atoms with Gasteiger partial charge >= 0.3 is 0 Å². The maximum Gasteiger partial charge on any atom is 0.242 e. The number of aromatic nitrogens is 2. The van der Waals surface area contributed by atoms with Crippen molar-refractivity contribution in [2.45, 2.75) is 44.7 Å². The first-order valence-corrected chi connectivity index (χ1v) is 10.4. The van der Waals surface area contributed by atoms with Gasteiger partial charge in [-0.2, -0.15) is 0 Å². The molecule has 1 aliphatic heterocycles. The Hall–Kier alpha value is -1.44. The van der Waals surface area contributed by atoms with Crippen LogP contribution in [0.2, 0.25) is 0 Å². The third-order valence-electron chi connectivity index (χ3n) is 5.00. The summed E-state index contributed by atoms with van der Waals surface area (Å²) in [5.74, 6) is 1.75. The highest BCUT2D eigenvalue weighted by atomic mass is 32.2. The molecule has 0 amide bonds. The van der Waals surface area contributed by atoms with Crippen LogP contribution in [0.3, 0.4) is 0 Å². The standard InChI is InChI=1S/C18H28N4O2S/c1-5-22-17-9-8-15(25(23,24)20(3)4)11-16(17)19-18(22)13-21-10-6-7-14(2)12-21/h8-9,11,14H,5-7,10,12-13H2,1-4H3/t14-/m0/s1. The van der Waals surface area contributed by atoms with Gasteiger partial charge in [0.2, 0.25) is 10.0 Å². The van der Waals surface area contributed by atoms with Crippen molar-refractivity contribution in [1.82, 2.24) is 18.8 Å². The summed E-state index contributed by atoms with van der Waals surface area (Å²) in [5, 5.41) is 0. The first-order chi connectivity index (χ1) is 11.8. The van der Waals surface area contributed by atoms with Gasteiger partial charge < -0.3 is 4.57 Å². The highest BCUT2D eigenvalue weighted by molar-refractivity contribution is 7.89. The molecule has 6 nitrogen and oxygen atoms in total. The van der Waals surface area contributed by atoms with E-state index in [1.807, 2.05) is 6.07 Å². The lowest BCUT2D eigenvalue weighted by Gasteiger charge is -2.30. The number of rotatable bonds is 5. The molecular formula is C18H28N4O2S. The average molecular weight is 365 g/mol. The Morgan fingerprint density at radius 1 is 1.32 bits per heavy atom. The van der Waals surface area contributed by atoms with E-state index in [1.165, 1.54) is 17.1 Å². The Balaban J connectivity index is 1.97. The van der Waals surface area contributed by atoms with E-state index in [9.17, 15) is 8.42 Å². The lowest BCUT2D eigenvalue weighted by molar-refractivity contribution is 0.171. The lowest BCUT2D eigenvalue weighted by atomic mass is 10.0. The van der Waals surface area contributed by atoms with Gasteiger partial charge in [-0.25, -0.2) is 17.7 Å². The lowest BCUT2D eigenvalue weighted by Crippen LogP contribution is -2.34. The number of nitrogens with zero attached hydrogens (tertiary/aromatic N) is 4. The van der Waals surface area contributed by atoms with Crippen molar-refractivity contribution in [3.8, 4) is 0 Å². The topological polar surface area (TPSA) is 58.4 Å². The van der Waals surface area contributed by atoms with Gasteiger partial charge in [-0.1, -0.05) is 6.92 Å². The number of fused-ring (bicyclic) bond motifs is 1. The smallest absolute Gasteiger partial charge is 0.242 e. The first-order valence-electron chi connectivity index (χ1n) is 8.97. The molecule has 3 rings (SSSR count). The van der Waals surface area contributed by atoms with Crippen molar-refractivity contribution < 1.29 is 8.42 Å². The minimum absolute atomic E-state index is 0.295. The number of sulfonamides is 1. The van der Waals surface area contributed by atoms with E-state index in [2.05, 4.69) is 23.3 Å². The maximum atomic E-state index is 12.4. The zero-order chi connectivity index (χ0) is 18.2. The van der Waals surface area contributed by atoms with E-state index >= 15 is 0 Å². The Labute approximate surface area is 150 Å². The summed E-state index contributed by atoms with van der Waals surface area (Å²) in [6.45, 7) is 8.27. The van der Waals surface area contributed by atoms with E-state index in [1.54, 1.807) is 26.2 Å². The molecule has 1 aliphatic rings. The van der Waals surface area contributed by atoms with Crippen LogP contribution in [0.4, 0.5) is 0 Å². The van der Waals surface area contributed by atoms with Gasteiger partial charge in [-0.3, -0.25) is 4.90 Å². The van der Waals surface area contributed by atoms with Crippen LogP contribution in [0.5, 0.6) is 0 Å². The Morgan fingerprint density at radius 2 is 2.08 bits per heavy atom. The molecule has 138 valence electrons. The Morgan fingerprint density at radius 3 is 2.72 bits per heavy atom. The van der Waals surface area contributed by atoms with Gasteiger partial charge in [0.15, 0.2) is 0 Å². The summed E-state index contributed by atoms with van der Waals surface area (Å²) >= 11 is 0. The fourth-order valence-electron chi connectivity index (χ4n) is 3.63. The normalized spacial score (nSPS) is 19.8.